The number of benzene rings is 1. The van der Waals surface area contributed by atoms with Crippen molar-refractivity contribution in [1.82, 2.24) is 9.97 Å². The Hall–Kier alpha value is -1.65. The molecule has 0 aliphatic heterocycles. The van der Waals surface area contributed by atoms with E-state index in [1.807, 2.05) is 18.2 Å². The van der Waals surface area contributed by atoms with Crippen LogP contribution in [0.2, 0.25) is 5.15 Å². The van der Waals surface area contributed by atoms with Gasteiger partial charge in [0.15, 0.2) is 0 Å². The summed E-state index contributed by atoms with van der Waals surface area (Å²) in [5, 5.41) is 3.79. The number of nitrogens with one attached hydrogen (secondary N) is 1. The zero-order valence-electron chi connectivity index (χ0n) is 11.9. The number of anilines is 1. The predicted octanol–water partition coefficient (Wildman–Crippen LogP) is 3.81. The third-order valence-corrected chi connectivity index (χ3v) is 3.77. The average molecular weight is 304 g/mol. The summed E-state index contributed by atoms with van der Waals surface area (Å²) < 4.78 is 5.54. The summed E-state index contributed by atoms with van der Waals surface area (Å²) in [5.41, 5.74) is 1.13. The largest absolute Gasteiger partial charge is 0.375 e. The topological polar surface area (TPSA) is 47.0 Å². The van der Waals surface area contributed by atoms with Gasteiger partial charge in [-0.25, -0.2) is 9.97 Å². The Kier molecular flexibility index (Phi) is 4.36. The summed E-state index contributed by atoms with van der Waals surface area (Å²) in [5.74, 6) is 2.09. The molecule has 0 radical (unpaired) electrons. The molecule has 1 fully saturated rings. The molecule has 21 heavy (non-hydrogen) atoms. The van der Waals surface area contributed by atoms with Crippen LogP contribution in [0.15, 0.2) is 36.4 Å². The lowest BCUT2D eigenvalue weighted by molar-refractivity contribution is 0.114. The highest BCUT2D eigenvalue weighted by atomic mass is 35.5. The molecule has 1 unspecified atom stereocenters. The summed E-state index contributed by atoms with van der Waals surface area (Å²) in [7, 11) is 1.71. The molecule has 1 atom stereocenters. The van der Waals surface area contributed by atoms with Gasteiger partial charge >= 0.3 is 0 Å². The molecule has 0 amide bonds. The summed E-state index contributed by atoms with van der Waals surface area (Å²) in [6.45, 7) is 0.637. The SMILES string of the molecule is COC(CNc1cc(Cl)nc(C2CC2)n1)c1ccccc1. The van der Waals surface area contributed by atoms with E-state index < -0.39 is 0 Å². The van der Waals surface area contributed by atoms with Crippen molar-refractivity contribution in [3.05, 3.63) is 52.9 Å². The Bertz CT molecular complexity index is 602. The first kappa shape index (κ1) is 14.3. The number of methoxy groups -OCH3 is 1. The second-order valence-electron chi connectivity index (χ2n) is 5.22. The smallest absolute Gasteiger partial charge is 0.135 e. The van der Waals surface area contributed by atoms with Gasteiger partial charge in [0.2, 0.25) is 0 Å². The van der Waals surface area contributed by atoms with Crippen molar-refractivity contribution < 1.29 is 4.74 Å². The van der Waals surface area contributed by atoms with Crippen LogP contribution in [-0.2, 0) is 4.74 Å². The molecule has 2 aromatic rings. The highest BCUT2D eigenvalue weighted by molar-refractivity contribution is 6.29. The minimum absolute atomic E-state index is 0.0238. The standard InChI is InChI=1S/C16H18ClN3O/c1-21-13(11-5-3-2-4-6-11)10-18-15-9-14(17)19-16(20-15)12-7-8-12/h2-6,9,12-13H,7-8,10H2,1H3,(H,18,19,20). The summed E-state index contributed by atoms with van der Waals surface area (Å²) in [6, 6.07) is 11.9. The summed E-state index contributed by atoms with van der Waals surface area (Å²) >= 11 is 6.07. The number of hydrogen-bond donors (Lipinski definition) is 1. The lowest BCUT2D eigenvalue weighted by Crippen LogP contribution is -2.15. The fourth-order valence-corrected chi connectivity index (χ4v) is 2.44. The van der Waals surface area contributed by atoms with Crippen molar-refractivity contribution in [3.63, 3.8) is 0 Å². The normalized spacial score (nSPS) is 15.7. The number of nitrogens with zero attached hydrogens (tertiary/aromatic N) is 2. The molecule has 0 bridgehead atoms. The van der Waals surface area contributed by atoms with Crippen LogP contribution in [0.3, 0.4) is 0 Å². The lowest BCUT2D eigenvalue weighted by Gasteiger charge is -2.17. The molecule has 1 aliphatic carbocycles. The van der Waals surface area contributed by atoms with Crippen LogP contribution < -0.4 is 5.32 Å². The van der Waals surface area contributed by atoms with Crippen LogP contribution in [0.5, 0.6) is 0 Å². The van der Waals surface area contributed by atoms with Gasteiger partial charge in [0.1, 0.15) is 16.8 Å². The van der Waals surface area contributed by atoms with E-state index in [-0.39, 0.29) is 6.10 Å². The third-order valence-electron chi connectivity index (χ3n) is 3.58. The van der Waals surface area contributed by atoms with Crippen molar-refractivity contribution in [3.8, 4) is 0 Å². The van der Waals surface area contributed by atoms with Crippen molar-refractivity contribution >= 4 is 17.4 Å². The fraction of sp³-hybridized carbons (Fsp3) is 0.375. The van der Waals surface area contributed by atoms with Gasteiger partial charge in [-0.2, -0.15) is 0 Å². The maximum absolute atomic E-state index is 6.07. The number of hydrogen-bond acceptors (Lipinski definition) is 4. The molecule has 1 heterocycles. The van der Waals surface area contributed by atoms with Crippen molar-refractivity contribution in [1.29, 1.82) is 0 Å². The number of halogens is 1. The Labute approximate surface area is 129 Å². The number of rotatable bonds is 6. The van der Waals surface area contributed by atoms with Crippen molar-refractivity contribution in [2.45, 2.75) is 24.9 Å². The second kappa shape index (κ2) is 6.41. The van der Waals surface area contributed by atoms with E-state index in [0.717, 1.165) is 30.0 Å². The maximum atomic E-state index is 6.07. The third kappa shape index (κ3) is 3.71. The molecule has 3 rings (SSSR count). The maximum Gasteiger partial charge on any atom is 0.135 e. The van der Waals surface area contributed by atoms with Gasteiger partial charge in [-0.1, -0.05) is 41.9 Å². The van der Waals surface area contributed by atoms with Crippen LogP contribution >= 0.6 is 11.6 Å². The molecule has 1 aromatic carbocycles. The van der Waals surface area contributed by atoms with E-state index in [2.05, 4.69) is 27.4 Å². The van der Waals surface area contributed by atoms with Gasteiger partial charge in [0, 0.05) is 25.6 Å². The Morgan fingerprint density at radius 2 is 2.05 bits per heavy atom. The van der Waals surface area contributed by atoms with E-state index in [1.165, 1.54) is 0 Å². The molecular formula is C16H18ClN3O. The van der Waals surface area contributed by atoms with E-state index in [4.69, 9.17) is 16.3 Å². The Balaban J connectivity index is 1.69. The highest BCUT2D eigenvalue weighted by Crippen LogP contribution is 2.38. The van der Waals surface area contributed by atoms with E-state index in [1.54, 1.807) is 13.2 Å². The first-order valence-electron chi connectivity index (χ1n) is 7.12. The number of aromatic nitrogens is 2. The van der Waals surface area contributed by atoms with E-state index in [0.29, 0.717) is 17.6 Å². The Morgan fingerprint density at radius 3 is 2.71 bits per heavy atom. The van der Waals surface area contributed by atoms with Gasteiger partial charge in [0.25, 0.3) is 0 Å². The molecule has 1 aromatic heterocycles. The molecule has 110 valence electrons. The molecular weight excluding hydrogens is 286 g/mol. The minimum atomic E-state index is -0.0238. The van der Waals surface area contributed by atoms with E-state index in [9.17, 15) is 0 Å². The molecule has 5 heteroatoms. The quantitative estimate of drug-likeness (QED) is 0.824. The monoisotopic (exact) mass is 303 g/mol. The molecule has 0 spiro atoms. The molecule has 1 saturated carbocycles. The zero-order chi connectivity index (χ0) is 14.7. The van der Waals surface area contributed by atoms with E-state index >= 15 is 0 Å². The fourth-order valence-electron chi connectivity index (χ4n) is 2.25. The molecule has 1 aliphatic rings. The van der Waals surface area contributed by atoms with Gasteiger partial charge in [-0.05, 0) is 18.4 Å². The minimum Gasteiger partial charge on any atom is -0.375 e. The van der Waals surface area contributed by atoms with Crippen LogP contribution in [0.25, 0.3) is 0 Å². The van der Waals surface area contributed by atoms with Crippen molar-refractivity contribution in [2.75, 3.05) is 19.0 Å². The first-order chi connectivity index (χ1) is 10.3. The molecule has 1 N–H and O–H groups in total. The summed E-state index contributed by atoms with van der Waals surface area (Å²) in [6.07, 6.45) is 2.29. The van der Waals surface area contributed by atoms with Gasteiger partial charge in [0.05, 0.1) is 6.10 Å². The van der Waals surface area contributed by atoms with Crippen molar-refractivity contribution in [2.24, 2.45) is 0 Å². The molecule has 4 nitrogen and oxygen atoms in total. The zero-order valence-corrected chi connectivity index (χ0v) is 12.7. The first-order valence-corrected chi connectivity index (χ1v) is 7.50. The summed E-state index contributed by atoms with van der Waals surface area (Å²) in [4.78, 5) is 8.82. The van der Waals surface area contributed by atoms with Crippen LogP contribution in [-0.4, -0.2) is 23.6 Å². The second-order valence-corrected chi connectivity index (χ2v) is 5.61. The predicted molar refractivity (Wildman–Crippen MR) is 83.7 cm³/mol. The van der Waals surface area contributed by atoms with Crippen LogP contribution in [0.1, 0.15) is 36.3 Å². The molecule has 0 saturated heterocycles. The number of ether oxygens (including phenoxy) is 1. The van der Waals surface area contributed by atoms with Crippen LogP contribution in [0, 0.1) is 0 Å². The van der Waals surface area contributed by atoms with Gasteiger partial charge in [-0.3, -0.25) is 0 Å². The lowest BCUT2D eigenvalue weighted by atomic mass is 10.1. The van der Waals surface area contributed by atoms with Gasteiger partial charge in [-0.15, -0.1) is 0 Å². The van der Waals surface area contributed by atoms with Gasteiger partial charge < -0.3 is 10.1 Å². The highest BCUT2D eigenvalue weighted by Gasteiger charge is 2.27. The van der Waals surface area contributed by atoms with Crippen LogP contribution in [0.4, 0.5) is 5.82 Å². The average Bonchev–Trinajstić information content (AvgIpc) is 3.33. The Morgan fingerprint density at radius 1 is 1.29 bits per heavy atom.